The molecule has 2 aromatic heterocycles. The van der Waals surface area contributed by atoms with Gasteiger partial charge in [-0.1, -0.05) is 6.07 Å². The van der Waals surface area contributed by atoms with Crippen molar-refractivity contribution in [1.82, 2.24) is 20.0 Å². The van der Waals surface area contributed by atoms with Gasteiger partial charge in [-0.2, -0.15) is 0 Å². The minimum Gasteiger partial charge on any atom is -0.365 e. The third kappa shape index (κ3) is 4.82. The first kappa shape index (κ1) is 22.3. The summed E-state index contributed by atoms with van der Waals surface area (Å²) in [4.78, 5) is 10.6. The Labute approximate surface area is 191 Å². The number of benzene rings is 1. The van der Waals surface area contributed by atoms with Crippen molar-refractivity contribution >= 4 is 41.3 Å². The number of para-hydroxylation sites is 1. The van der Waals surface area contributed by atoms with Crippen LogP contribution >= 0.6 is 24.0 Å². The summed E-state index contributed by atoms with van der Waals surface area (Å²) in [6.07, 6.45) is 4.73. The standard InChI is InChI=1S/C21H24F2N6.HI/c1-14-6-8-28-13-16(26-19(28)10-14)11-25-21(24-2)27-15-7-9-29(12-15)20-17(22)4-3-5-18(20)23;/h3-6,8,10,13,15H,7,9,11-12H2,1-2H3,(H2,24,25,27);1H. The number of hydrogen-bond donors (Lipinski definition) is 2. The number of anilines is 1. The van der Waals surface area contributed by atoms with Crippen LogP contribution in [0.4, 0.5) is 14.5 Å². The maximum Gasteiger partial charge on any atom is 0.191 e. The predicted octanol–water partition coefficient (Wildman–Crippen LogP) is 3.48. The van der Waals surface area contributed by atoms with Gasteiger partial charge in [0.2, 0.25) is 0 Å². The minimum absolute atomic E-state index is 0. The third-order valence-electron chi connectivity index (χ3n) is 5.11. The summed E-state index contributed by atoms with van der Waals surface area (Å²) >= 11 is 0. The molecule has 3 aromatic rings. The van der Waals surface area contributed by atoms with Crippen molar-refractivity contribution in [3.05, 3.63) is 65.6 Å². The molecule has 30 heavy (non-hydrogen) atoms. The Morgan fingerprint density at radius 2 is 2.03 bits per heavy atom. The summed E-state index contributed by atoms with van der Waals surface area (Å²) < 4.78 is 30.0. The number of halogens is 3. The molecule has 160 valence electrons. The van der Waals surface area contributed by atoms with Crippen molar-refractivity contribution < 1.29 is 8.78 Å². The number of imidazole rings is 1. The first-order valence-corrected chi connectivity index (χ1v) is 9.64. The summed E-state index contributed by atoms with van der Waals surface area (Å²) in [5.74, 6) is -0.426. The zero-order valence-corrected chi connectivity index (χ0v) is 19.2. The lowest BCUT2D eigenvalue weighted by atomic mass is 10.2. The van der Waals surface area contributed by atoms with Crippen molar-refractivity contribution in [2.75, 3.05) is 25.0 Å². The lowest BCUT2D eigenvalue weighted by Gasteiger charge is -2.21. The van der Waals surface area contributed by atoms with Gasteiger partial charge < -0.3 is 19.9 Å². The van der Waals surface area contributed by atoms with Crippen LogP contribution in [-0.2, 0) is 6.54 Å². The van der Waals surface area contributed by atoms with Gasteiger partial charge >= 0.3 is 0 Å². The van der Waals surface area contributed by atoms with E-state index in [1.165, 1.54) is 18.2 Å². The highest BCUT2D eigenvalue weighted by atomic mass is 127. The van der Waals surface area contributed by atoms with E-state index in [1.807, 2.05) is 35.9 Å². The molecule has 0 aliphatic carbocycles. The van der Waals surface area contributed by atoms with Crippen LogP contribution in [0.2, 0.25) is 0 Å². The molecule has 1 aliphatic heterocycles. The van der Waals surface area contributed by atoms with Gasteiger partial charge in [0, 0.05) is 38.6 Å². The van der Waals surface area contributed by atoms with E-state index >= 15 is 0 Å². The van der Waals surface area contributed by atoms with Crippen LogP contribution in [0.25, 0.3) is 5.65 Å². The predicted molar refractivity (Wildman–Crippen MR) is 126 cm³/mol. The fraction of sp³-hybridized carbons (Fsp3) is 0.333. The zero-order valence-electron chi connectivity index (χ0n) is 16.9. The molecule has 2 N–H and O–H groups in total. The Morgan fingerprint density at radius 1 is 1.27 bits per heavy atom. The molecule has 3 heterocycles. The number of nitrogens with zero attached hydrogens (tertiary/aromatic N) is 4. The van der Waals surface area contributed by atoms with E-state index < -0.39 is 11.6 Å². The Bertz CT molecular complexity index is 1030. The Hall–Kier alpha value is -2.43. The highest BCUT2D eigenvalue weighted by Gasteiger charge is 2.27. The summed E-state index contributed by atoms with van der Waals surface area (Å²) in [5.41, 5.74) is 3.01. The third-order valence-corrected chi connectivity index (χ3v) is 5.11. The molecule has 0 radical (unpaired) electrons. The van der Waals surface area contributed by atoms with E-state index in [2.05, 4.69) is 20.6 Å². The highest BCUT2D eigenvalue weighted by Crippen LogP contribution is 2.26. The summed E-state index contributed by atoms with van der Waals surface area (Å²) in [6, 6.07) is 8.07. The van der Waals surface area contributed by atoms with Gasteiger partial charge in [0.15, 0.2) is 5.96 Å². The number of pyridine rings is 1. The second-order valence-corrected chi connectivity index (χ2v) is 7.27. The molecule has 0 saturated carbocycles. The monoisotopic (exact) mass is 526 g/mol. The molecule has 6 nitrogen and oxygen atoms in total. The van der Waals surface area contributed by atoms with Crippen LogP contribution in [0.3, 0.4) is 0 Å². The molecule has 4 rings (SSSR count). The maximum absolute atomic E-state index is 14.0. The lowest BCUT2D eigenvalue weighted by Crippen LogP contribution is -2.44. The van der Waals surface area contributed by atoms with Crippen molar-refractivity contribution in [3.63, 3.8) is 0 Å². The summed E-state index contributed by atoms with van der Waals surface area (Å²) in [6.45, 7) is 3.65. The second-order valence-electron chi connectivity index (χ2n) is 7.27. The number of fused-ring (bicyclic) bond motifs is 1. The molecule has 9 heteroatoms. The van der Waals surface area contributed by atoms with Gasteiger partial charge in [-0.15, -0.1) is 24.0 Å². The number of aliphatic imine (C=N–C) groups is 1. The molecule has 1 atom stereocenters. The van der Waals surface area contributed by atoms with Crippen LogP contribution in [0, 0.1) is 18.6 Å². The molecule has 1 aromatic carbocycles. The number of guanidine groups is 1. The van der Waals surface area contributed by atoms with Gasteiger partial charge in [-0.25, -0.2) is 13.8 Å². The Morgan fingerprint density at radius 3 is 2.77 bits per heavy atom. The first-order chi connectivity index (χ1) is 14.0. The average molecular weight is 526 g/mol. The first-order valence-electron chi connectivity index (χ1n) is 9.64. The van der Waals surface area contributed by atoms with Crippen molar-refractivity contribution in [1.29, 1.82) is 0 Å². The van der Waals surface area contributed by atoms with Gasteiger partial charge in [0.25, 0.3) is 0 Å². The quantitative estimate of drug-likeness (QED) is 0.311. The van der Waals surface area contributed by atoms with Crippen LogP contribution < -0.4 is 15.5 Å². The fourth-order valence-electron chi connectivity index (χ4n) is 3.66. The Kier molecular flexibility index (Phi) is 7.11. The second kappa shape index (κ2) is 9.59. The van der Waals surface area contributed by atoms with Gasteiger partial charge in [0.05, 0.1) is 12.2 Å². The van der Waals surface area contributed by atoms with E-state index in [-0.39, 0.29) is 35.7 Å². The molecule has 1 fully saturated rings. The molecule has 1 unspecified atom stereocenters. The largest absolute Gasteiger partial charge is 0.365 e. The maximum atomic E-state index is 14.0. The number of aryl methyl sites for hydroxylation is 1. The van der Waals surface area contributed by atoms with E-state index in [0.717, 1.165) is 23.3 Å². The topological polar surface area (TPSA) is 57.0 Å². The molecule has 0 spiro atoms. The smallest absolute Gasteiger partial charge is 0.191 e. The van der Waals surface area contributed by atoms with Crippen LogP contribution in [0.1, 0.15) is 17.7 Å². The van der Waals surface area contributed by atoms with Gasteiger partial charge in [-0.3, -0.25) is 4.99 Å². The normalized spacial score (nSPS) is 16.6. The van der Waals surface area contributed by atoms with Crippen molar-refractivity contribution in [2.24, 2.45) is 4.99 Å². The van der Waals surface area contributed by atoms with Crippen LogP contribution in [-0.4, -0.2) is 41.5 Å². The molecule has 1 saturated heterocycles. The molecule has 1 aliphatic rings. The fourth-order valence-corrected chi connectivity index (χ4v) is 3.66. The van der Waals surface area contributed by atoms with Gasteiger partial charge in [0.1, 0.15) is 23.0 Å². The highest BCUT2D eigenvalue weighted by molar-refractivity contribution is 14.0. The zero-order chi connectivity index (χ0) is 20.4. The molecular weight excluding hydrogens is 501 g/mol. The van der Waals surface area contributed by atoms with E-state index in [1.54, 1.807) is 11.9 Å². The summed E-state index contributed by atoms with van der Waals surface area (Å²) in [7, 11) is 1.70. The minimum atomic E-state index is -0.532. The lowest BCUT2D eigenvalue weighted by molar-refractivity contribution is 0.576. The SMILES string of the molecule is CN=C(NCc1cn2ccc(C)cc2n1)NC1CCN(c2c(F)cccc2F)C1.I. The molecule has 0 bridgehead atoms. The van der Waals surface area contributed by atoms with Crippen molar-refractivity contribution in [3.8, 4) is 0 Å². The number of aromatic nitrogens is 2. The number of rotatable bonds is 4. The van der Waals surface area contributed by atoms with E-state index in [4.69, 9.17) is 0 Å². The molecular formula is C21H25F2IN6. The van der Waals surface area contributed by atoms with Crippen LogP contribution in [0.15, 0.2) is 47.7 Å². The summed E-state index contributed by atoms with van der Waals surface area (Å²) in [5, 5.41) is 6.60. The average Bonchev–Trinajstić information content (AvgIpc) is 3.31. The number of hydrogen-bond acceptors (Lipinski definition) is 3. The van der Waals surface area contributed by atoms with Crippen LogP contribution in [0.5, 0.6) is 0 Å². The Balaban J connectivity index is 0.00000256. The number of nitrogens with one attached hydrogen (secondary N) is 2. The molecule has 0 amide bonds. The van der Waals surface area contributed by atoms with E-state index in [0.29, 0.717) is 25.6 Å². The van der Waals surface area contributed by atoms with E-state index in [9.17, 15) is 8.78 Å². The van der Waals surface area contributed by atoms with Crippen molar-refractivity contribution in [2.45, 2.75) is 25.9 Å². The van der Waals surface area contributed by atoms with Gasteiger partial charge in [-0.05, 0) is 43.2 Å².